The summed E-state index contributed by atoms with van der Waals surface area (Å²) in [6.45, 7) is 3.36. The first-order chi connectivity index (χ1) is 3.93. The Balaban J connectivity index is 2.99. The number of pyridine rings is 1. The van der Waals surface area contributed by atoms with Crippen LogP contribution in [0, 0.1) is 0 Å². The Morgan fingerprint density at radius 3 is 2.88 bits per heavy atom. The molecule has 1 heterocycles. The van der Waals surface area contributed by atoms with Gasteiger partial charge in [-0.15, -0.1) is 0 Å². The zero-order chi connectivity index (χ0) is 5.82. The molecule has 1 aromatic heterocycles. The number of nitrogens with one attached hydrogen (secondary N) is 1. The van der Waals surface area contributed by atoms with Crippen LogP contribution in [0.15, 0.2) is 29.5 Å². The fraction of sp³-hybridized carbons (Fsp3) is 0. The maximum atomic E-state index is 3.69. The zero-order valence-corrected chi connectivity index (χ0v) is 4.46. The van der Waals surface area contributed by atoms with Crippen molar-refractivity contribution in [2.45, 2.75) is 0 Å². The SMILES string of the molecule is C=Nc1ccc[nH+]c1. The molecule has 0 aliphatic rings. The van der Waals surface area contributed by atoms with Gasteiger partial charge in [0.2, 0.25) is 0 Å². The van der Waals surface area contributed by atoms with Gasteiger partial charge in [-0.1, -0.05) is 0 Å². The Kier molecular flexibility index (Phi) is 1.37. The largest absolute Gasteiger partial charge is 0.258 e. The van der Waals surface area contributed by atoms with E-state index < -0.39 is 0 Å². The van der Waals surface area contributed by atoms with Gasteiger partial charge in [0.15, 0.2) is 12.4 Å². The summed E-state index contributed by atoms with van der Waals surface area (Å²) in [6.07, 6.45) is 3.61. The molecule has 8 heavy (non-hydrogen) atoms. The predicted molar refractivity (Wildman–Crippen MR) is 32.2 cm³/mol. The molecule has 2 nitrogen and oxygen atoms in total. The second kappa shape index (κ2) is 2.21. The highest BCUT2D eigenvalue weighted by Gasteiger charge is 1.84. The van der Waals surface area contributed by atoms with Crippen molar-refractivity contribution in [1.29, 1.82) is 0 Å². The van der Waals surface area contributed by atoms with E-state index in [1.165, 1.54) is 0 Å². The van der Waals surface area contributed by atoms with E-state index in [1.807, 2.05) is 18.3 Å². The molecule has 1 aromatic rings. The van der Waals surface area contributed by atoms with Gasteiger partial charge in [0.05, 0.1) is 0 Å². The molecule has 0 fully saturated rings. The van der Waals surface area contributed by atoms with Crippen LogP contribution in [0.5, 0.6) is 0 Å². The van der Waals surface area contributed by atoms with Crippen LogP contribution < -0.4 is 4.98 Å². The fourth-order valence-corrected chi connectivity index (χ4v) is 0.482. The summed E-state index contributed by atoms with van der Waals surface area (Å²) in [4.78, 5) is 6.57. The van der Waals surface area contributed by atoms with Crippen molar-refractivity contribution in [3.05, 3.63) is 24.5 Å². The first kappa shape index (κ1) is 4.97. The number of rotatable bonds is 1. The monoisotopic (exact) mass is 107 g/mol. The molecule has 0 amide bonds. The lowest BCUT2D eigenvalue weighted by atomic mass is 10.4. The standard InChI is InChI=1S/C6H6N2/c1-7-6-3-2-4-8-5-6/h2-5H,1H2/p+1. The van der Waals surface area contributed by atoms with E-state index in [0.717, 1.165) is 5.69 Å². The van der Waals surface area contributed by atoms with Crippen LogP contribution in [0.1, 0.15) is 0 Å². The number of aromatic nitrogens is 1. The molecule has 1 rings (SSSR count). The van der Waals surface area contributed by atoms with Crippen LogP contribution in [0.3, 0.4) is 0 Å². The second-order valence-corrected chi connectivity index (χ2v) is 1.42. The fourth-order valence-electron chi connectivity index (χ4n) is 0.482. The third kappa shape index (κ3) is 0.904. The van der Waals surface area contributed by atoms with Crippen molar-refractivity contribution in [3.63, 3.8) is 0 Å². The van der Waals surface area contributed by atoms with E-state index in [9.17, 15) is 0 Å². The molecule has 0 aliphatic carbocycles. The van der Waals surface area contributed by atoms with Gasteiger partial charge in [-0.2, -0.15) is 0 Å². The Bertz CT molecular complexity index is 169. The molecule has 2 heteroatoms. The van der Waals surface area contributed by atoms with Gasteiger partial charge < -0.3 is 0 Å². The quantitative estimate of drug-likeness (QED) is 0.475. The van der Waals surface area contributed by atoms with Crippen LogP contribution in [-0.4, -0.2) is 6.72 Å². The highest BCUT2D eigenvalue weighted by molar-refractivity contribution is 5.41. The number of hydrogen-bond acceptors (Lipinski definition) is 1. The number of H-pyrrole nitrogens is 1. The van der Waals surface area contributed by atoms with Crippen molar-refractivity contribution in [3.8, 4) is 0 Å². The van der Waals surface area contributed by atoms with Gasteiger partial charge in [0, 0.05) is 6.07 Å². The first-order valence-corrected chi connectivity index (χ1v) is 2.36. The number of hydrogen-bond donors (Lipinski definition) is 0. The third-order valence-electron chi connectivity index (χ3n) is 0.873. The molecular weight excluding hydrogens is 100 g/mol. The van der Waals surface area contributed by atoms with Crippen molar-refractivity contribution in [2.75, 3.05) is 0 Å². The first-order valence-electron chi connectivity index (χ1n) is 2.36. The molecule has 0 unspecified atom stereocenters. The molecule has 40 valence electrons. The van der Waals surface area contributed by atoms with Gasteiger partial charge in [0.25, 0.3) is 0 Å². The van der Waals surface area contributed by atoms with Crippen LogP contribution in [0.25, 0.3) is 0 Å². The van der Waals surface area contributed by atoms with Gasteiger partial charge in [0.1, 0.15) is 5.69 Å². The van der Waals surface area contributed by atoms with Crippen LogP contribution in [0.2, 0.25) is 0 Å². The minimum atomic E-state index is 0.868. The van der Waals surface area contributed by atoms with Crippen LogP contribution >= 0.6 is 0 Å². The Hall–Kier alpha value is -1.18. The smallest absolute Gasteiger partial charge is 0.192 e. The Labute approximate surface area is 47.9 Å². The summed E-state index contributed by atoms with van der Waals surface area (Å²) in [7, 11) is 0. The highest BCUT2D eigenvalue weighted by Crippen LogP contribution is 2.02. The molecule has 1 N–H and O–H groups in total. The minimum Gasteiger partial charge on any atom is -0.258 e. The molecule has 0 radical (unpaired) electrons. The molecule has 0 saturated heterocycles. The number of nitrogens with zero attached hydrogens (tertiary/aromatic N) is 1. The third-order valence-corrected chi connectivity index (χ3v) is 0.873. The lowest BCUT2D eigenvalue weighted by Gasteiger charge is -1.79. The van der Waals surface area contributed by atoms with Gasteiger partial charge in [-0.25, -0.2) is 4.98 Å². The lowest BCUT2D eigenvalue weighted by Crippen LogP contribution is -1.95. The lowest BCUT2D eigenvalue weighted by molar-refractivity contribution is -0.377. The van der Waals surface area contributed by atoms with Crippen molar-refractivity contribution in [1.82, 2.24) is 0 Å². The van der Waals surface area contributed by atoms with Gasteiger partial charge in [-0.05, 0) is 12.8 Å². The average molecular weight is 107 g/mol. The zero-order valence-electron chi connectivity index (χ0n) is 4.46. The van der Waals surface area contributed by atoms with Gasteiger partial charge >= 0.3 is 0 Å². The van der Waals surface area contributed by atoms with Crippen LogP contribution in [-0.2, 0) is 0 Å². The number of aromatic amines is 1. The van der Waals surface area contributed by atoms with E-state index in [2.05, 4.69) is 16.7 Å². The normalized spacial score (nSPS) is 8.50. The second-order valence-electron chi connectivity index (χ2n) is 1.42. The Morgan fingerprint density at radius 2 is 2.50 bits per heavy atom. The minimum absolute atomic E-state index is 0.868. The summed E-state index contributed by atoms with van der Waals surface area (Å²) >= 11 is 0. The van der Waals surface area contributed by atoms with E-state index in [0.29, 0.717) is 0 Å². The maximum absolute atomic E-state index is 3.69. The predicted octanol–water partition coefficient (Wildman–Crippen LogP) is 0.833. The summed E-state index contributed by atoms with van der Waals surface area (Å²) < 4.78 is 0. The summed E-state index contributed by atoms with van der Waals surface area (Å²) in [6, 6.07) is 3.76. The molecular formula is C6H7N2+. The molecule has 0 atom stereocenters. The van der Waals surface area contributed by atoms with E-state index in [4.69, 9.17) is 0 Å². The summed E-state index contributed by atoms with van der Waals surface area (Å²) in [5.41, 5.74) is 0.868. The van der Waals surface area contributed by atoms with Gasteiger partial charge in [-0.3, -0.25) is 4.99 Å². The van der Waals surface area contributed by atoms with E-state index >= 15 is 0 Å². The van der Waals surface area contributed by atoms with E-state index in [-0.39, 0.29) is 0 Å². The molecule has 0 aliphatic heterocycles. The van der Waals surface area contributed by atoms with Crippen LogP contribution in [0.4, 0.5) is 5.69 Å². The molecule has 0 aromatic carbocycles. The number of aliphatic imine (C=N–C) groups is 1. The Morgan fingerprint density at radius 1 is 1.62 bits per heavy atom. The molecule has 0 saturated carbocycles. The van der Waals surface area contributed by atoms with Crippen molar-refractivity contribution in [2.24, 2.45) is 4.99 Å². The topological polar surface area (TPSA) is 26.5 Å². The van der Waals surface area contributed by atoms with E-state index in [1.54, 1.807) is 6.20 Å². The highest BCUT2D eigenvalue weighted by atomic mass is 14.7. The maximum Gasteiger partial charge on any atom is 0.192 e. The average Bonchev–Trinajstić information content (AvgIpc) is 1.90. The molecule has 0 bridgehead atoms. The van der Waals surface area contributed by atoms with Crippen molar-refractivity contribution >= 4 is 12.4 Å². The summed E-state index contributed by atoms with van der Waals surface area (Å²) in [5.74, 6) is 0. The summed E-state index contributed by atoms with van der Waals surface area (Å²) in [5, 5.41) is 0. The van der Waals surface area contributed by atoms with Crippen molar-refractivity contribution < 1.29 is 4.98 Å². The molecule has 0 spiro atoms.